The fraction of sp³-hybridized carbons (Fsp3) is 1.00. The first-order chi connectivity index (χ1) is 10.1. The molecule has 0 saturated heterocycles. The molecule has 4 saturated carbocycles. The van der Waals surface area contributed by atoms with E-state index in [0.717, 1.165) is 29.6 Å². The number of aliphatic hydroxyl groups is 1. The average Bonchev–Trinajstić information content (AvgIpc) is 2.78. The first-order valence-corrected chi connectivity index (χ1v) is 9.83. The number of hydrogen-bond acceptors (Lipinski definition) is 1. The molecule has 8 atom stereocenters. The summed E-state index contributed by atoms with van der Waals surface area (Å²) in [5.74, 6) is 5.51. The molecule has 0 spiro atoms. The Bertz CT molecular complexity index is 391. The van der Waals surface area contributed by atoms with Gasteiger partial charge in [0.25, 0.3) is 0 Å². The predicted molar refractivity (Wildman–Crippen MR) is 86.9 cm³/mol. The highest BCUT2D eigenvalue weighted by atomic mass is 16.3. The molecule has 0 radical (unpaired) electrons. The van der Waals surface area contributed by atoms with Crippen LogP contribution in [0.25, 0.3) is 0 Å². The maximum absolute atomic E-state index is 10.9. The maximum atomic E-state index is 10.9. The lowest BCUT2D eigenvalue weighted by molar-refractivity contribution is -0.0841. The lowest BCUT2D eigenvalue weighted by Crippen LogP contribution is -2.49. The van der Waals surface area contributed by atoms with Crippen LogP contribution in [-0.2, 0) is 0 Å². The first-order valence-electron chi connectivity index (χ1n) is 9.83. The molecule has 1 heteroatoms. The van der Waals surface area contributed by atoms with Crippen LogP contribution in [0.2, 0.25) is 0 Å². The Kier molecular flexibility index (Phi) is 3.64. The van der Waals surface area contributed by atoms with Crippen molar-refractivity contribution in [2.75, 3.05) is 0 Å². The van der Waals surface area contributed by atoms with Crippen LogP contribution in [0.4, 0.5) is 0 Å². The smallest absolute Gasteiger partial charge is 0.0624 e. The Hall–Kier alpha value is -0.0400. The monoisotopic (exact) mass is 290 g/mol. The predicted octanol–water partition coefficient (Wildman–Crippen LogP) is 5.03. The standard InChI is InChI=1S/C20H34O/c1-3-13-12-18-17-9-8-14-6-4-5-7-15(14)16(17)10-11-20(18,2)19(13)21/h13-19,21H,3-12H2,1-2H3/t13?,14?,15-,16+,17+,18-,19?,20-/m0/s1. The Labute approximate surface area is 130 Å². The van der Waals surface area contributed by atoms with Crippen LogP contribution in [0.5, 0.6) is 0 Å². The molecule has 3 unspecified atom stereocenters. The van der Waals surface area contributed by atoms with Gasteiger partial charge in [-0.2, -0.15) is 0 Å². The summed E-state index contributed by atoms with van der Waals surface area (Å²) in [4.78, 5) is 0. The molecule has 1 N–H and O–H groups in total. The molecule has 0 aromatic heterocycles. The van der Waals surface area contributed by atoms with Crippen LogP contribution in [0.15, 0.2) is 0 Å². The van der Waals surface area contributed by atoms with Crippen molar-refractivity contribution >= 4 is 0 Å². The van der Waals surface area contributed by atoms with E-state index in [2.05, 4.69) is 13.8 Å². The molecule has 1 nitrogen and oxygen atoms in total. The van der Waals surface area contributed by atoms with Crippen LogP contribution in [0.3, 0.4) is 0 Å². The van der Waals surface area contributed by atoms with Crippen molar-refractivity contribution in [3.63, 3.8) is 0 Å². The van der Waals surface area contributed by atoms with Gasteiger partial charge >= 0.3 is 0 Å². The van der Waals surface area contributed by atoms with Crippen molar-refractivity contribution in [1.29, 1.82) is 0 Å². The zero-order chi connectivity index (χ0) is 14.6. The normalized spacial score (nSPS) is 56.4. The molecule has 4 aliphatic carbocycles. The lowest BCUT2D eigenvalue weighted by Gasteiger charge is -2.55. The van der Waals surface area contributed by atoms with E-state index in [1.807, 2.05) is 0 Å². The maximum Gasteiger partial charge on any atom is 0.0624 e. The molecule has 0 bridgehead atoms. The average molecular weight is 290 g/mol. The minimum atomic E-state index is -0.0162. The number of hydrogen-bond donors (Lipinski definition) is 1. The molecule has 0 aromatic carbocycles. The molecule has 4 aliphatic rings. The minimum Gasteiger partial charge on any atom is -0.392 e. The highest BCUT2D eigenvalue weighted by molar-refractivity contribution is 5.08. The first kappa shape index (κ1) is 14.5. The van der Waals surface area contributed by atoms with Gasteiger partial charge in [0, 0.05) is 0 Å². The van der Waals surface area contributed by atoms with Crippen molar-refractivity contribution in [2.24, 2.45) is 40.9 Å². The molecule has 0 amide bonds. The topological polar surface area (TPSA) is 20.2 Å². The SMILES string of the molecule is CCC1C[C@H]2[C@@H]3CCC4CCCC[C@@H]4[C@H]3CC[C@]2(C)C1O. The van der Waals surface area contributed by atoms with E-state index in [1.54, 1.807) is 0 Å². The Morgan fingerprint density at radius 2 is 1.76 bits per heavy atom. The van der Waals surface area contributed by atoms with Crippen molar-refractivity contribution in [1.82, 2.24) is 0 Å². The Morgan fingerprint density at radius 1 is 0.952 bits per heavy atom. The van der Waals surface area contributed by atoms with E-state index in [4.69, 9.17) is 0 Å². The Morgan fingerprint density at radius 3 is 2.57 bits per heavy atom. The van der Waals surface area contributed by atoms with Crippen LogP contribution < -0.4 is 0 Å². The number of aliphatic hydroxyl groups excluding tert-OH is 1. The van der Waals surface area contributed by atoms with E-state index < -0.39 is 0 Å². The van der Waals surface area contributed by atoms with E-state index in [1.165, 1.54) is 64.2 Å². The largest absolute Gasteiger partial charge is 0.392 e. The summed E-state index contributed by atoms with van der Waals surface area (Å²) in [6.45, 7) is 4.71. The van der Waals surface area contributed by atoms with Gasteiger partial charge in [0.05, 0.1) is 6.10 Å². The molecule has 21 heavy (non-hydrogen) atoms. The van der Waals surface area contributed by atoms with Gasteiger partial charge in [-0.25, -0.2) is 0 Å². The highest BCUT2D eigenvalue weighted by Crippen LogP contribution is 2.63. The van der Waals surface area contributed by atoms with Gasteiger partial charge in [-0.1, -0.05) is 39.5 Å². The van der Waals surface area contributed by atoms with Gasteiger partial charge in [0.2, 0.25) is 0 Å². The summed E-state index contributed by atoms with van der Waals surface area (Å²) < 4.78 is 0. The van der Waals surface area contributed by atoms with Crippen LogP contribution in [0.1, 0.15) is 78.1 Å². The van der Waals surface area contributed by atoms with E-state index in [9.17, 15) is 5.11 Å². The zero-order valence-electron chi connectivity index (χ0n) is 14.1. The zero-order valence-corrected chi connectivity index (χ0v) is 14.1. The molecular formula is C20H34O. The van der Waals surface area contributed by atoms with Crippen LogP contribution in [0, 0.1) is 40.9 Å². The summed E-state index contributed by atoms with van der Waals surface area (Å²) in [6, 6.07) is 0. The summed E-state index contributed by atoms with van der Waals surface area (Å²) >= 11 is 0. The molecule has 4 fully saturated rings. The van der Waals surface area contributed by atoms with Gasteiger partial charge in [0.1, 0.15) is 0 Å². The molecule has 0 heterocycles. The molecule has 0 aromatic rings. The van der Waals surface area contributed by atoms with Crippen LogP contribution >= 0.6 is 0 Å². The fourth-order valence-corrected chi connectivity index (χ4v) is 7.37. The Balaban J connectivity index is 1.59. The van der Waals surface area contributed by atoms with Gasteiger partial charge in [-0.3, -0.25) is 0 Å². The second-order valence-corrected chi connectivity index (χ2v) is 9.11. The van der Waals surface area contributed by atoms with Crippen LogP contribution in [-0.4, -0.2) is 11.2 Å². The van der Waals surface area contributed by atoms with Crippen molar-refractivity contribution in [3.8, 4) is 0 Å². The van der Waals surface area contributed by atoms with Gasteiger partial charge in [-0.05, 0) is 79.4 Å². The third-order valence-corrected chi connectivity index (χ3v) is 8.52. The highest BCUT2D eigenvalue weighted by Gasteiger charge is 2.58. The third-order valence-electron chi connectivity index (χ3n) is 8.52. The summed E-state index contributed by atoms with van der Waals surface area (Å²) in [5.41, 5.74) is 0.253. The van der Waals surface area contributed by atoms with Gasteiger partial charge in [-0.15, -0.1) is 0 Å². The van der Waals surface area contributed by atoms with Gasteiger partial charge < -0.3 is 5.11 Å². The molecule has 4 rings (SSSR count). The molecule has 120 valence electrons. The van der Waals surface area contributed by atoms with E-state index >= 15 is 0 Å². The number of rotatable bonds is 1. The van der Waals surface area contributed by atoms with E-state index in [0.29, 0.717) is 5.92 Å². The second kappa shape index (κ2) is 5.25. The minimum absolute atomic E-state index is 0.0162. The quantitative estimate of drug-likeness (QED) is 0.718. The van der Waals surface area contributed by atoms with Crippen molar-refractivity contribution in [2.45, 2.75) is 84.2 Å². The van der Waals surface area contributed by atoms with Crippen molar-refractivity contribution in [3.05, 3.63) is 0 Å². The second-order valence-electron chi connectivity index (χ2n) is 9.11. The fourth-order valence-electron chi connectivity index (χ4n) is 7.37. The summed E-state index contributed by atoms with van der Waals surface area (Å²) in [6.07, 6.45) is 14.2. The van der Waals surface area contributed by atoms with Gasteiger partial charge in [0.15, 0.2) is 0 Å². The number of fused-ring (bicyclic) bond motifs is 5. The summed E-state index contributed by atoms with van der Waals surface area (Å²) in [7, 11) is 0. The third kappa shape index (κ3) is 2.06. The molecular weight excluding hydrogens is 256 g/mol. The summed E-state index contributed by atoms with van der Waals surface area (Å²) in [5, 5.41) is 10.9. The lowest BCUT2D eigenvalue weighted by atomic mass is 9.50. The van der Waals surface area contributed by atoms with Crippen molar-refractivity contribution < 1.29 is 5.11 Å². The molecule has 0 aliphatic heterocycles. The van der Waals surface area contributed by atoms with E-state index in [-0.39, 0.29) is 11.5 Å².